The van der Waals surface area contributed by atoms with Gasteiger partial charge in [-0.3, -0.25) is 9.59 Å². The second-order valence-electron chi connectivity index (χ2n) is 9.86. The first-order valence-electron chi connectivity index (χ1n) is 12.8. The van der Waals surface area contributed by atoms with E-state index in [0.717, 1.165) is 61.1 Å². The molecule has 8 heteroatoms. The van der Waals surface area contributed by atoms with Gasteiger partial charge in [0.1, 0.15) is 5.82 Å². The molecular weight excluding hydrogens is 466 g/mol. The number of aliphatic hydroxyl groups is 1. The zero-order valence-corrected chi connectivity index (χ0v) is 20.4. The molecule has 8 nitrogen and oxygen atoms in total. The summed E-state index contributed by atoms with van der Waals surface area (Å²) < 4.78 is 0. The largest absolute Gasteiger partial charge is 0.393 e. The number of hydrogen-bond donors (Lipinski definition) is 4. The van der Waals surface area contributed by atoms with Gasteiger partial charge in [0.05, 0.1) is 17.1 Å². The molecule has 6 rings (SSSR count). The highest BCUT2D eigenvalue weighted by atomic mass is 16.3. The molecule has 3 aromatic carbocycles. The Morgan fingerprint density at radius 3 is 2.24 bits per heavy atom. The smallest absolute Gasteiger partial charge is 0.255 e. The number of H-pyrrole nitrogens is 1. The summed E-state index contributed by atoms with van der Waals surface area (Å²) in [6.45, 7) is 1.64. The highest BCUT2D eigenvalue weighted by Gasteiger charge is 2.23. The Balaban J connectivity index is 1.12. The van der Waals surface area contributed by atoms with Crippen molar-refractivity contribution < 1.29 is 14.7 Å². The lowest BCUT2D eigenvalue weighted by Crippen LogP contribution is -2.35. The highest BCUT2D eigenvalue weighted by molar-refractivity contribution is 6.05. The predicted octanol–water partition coefficient (Wildman–Crippen LogP) is 4.34. The Kier molecular flexibility index (Phi) is 6.10. The van der Waals surface area contributed by atoms with Crippen LogP contribution in [0, 0.1) is 0 Å². The number of aromatic nitrogens is 2. The second-order valence-corrected chi connectivity index (χ2v) is 9.86. The summed E-state index contributed by atoms with van der Waals surface area (Å²) in [7, 11) is 0. The molecule has 0 unspecified atom stereocenters. The number of carbonyl (C=O) groups is 2. The molecular formula is C29H29N5O3. The standard InChI is InChI=1S/C29H29N5O3/c35-24-13-15-34(16-14-24)23-10-5-20(6-11-23)29(37)31-22-9-12-25-26(17-22)33-27(32-25)18-1-3-19(4-2-18)28(36)30-21-7-8-21/h1-6,9-12,17,21,24,35H,7-8,13-16H2,(H,30,36)(H,31,37)(H,32,33). The maximum atomic E-state index is 12.8. The zero-order chi connectivity index (χ0) is 25.4. The molecule has 1 aromatic heterocycles. The summed E-state index contributed by atoms with van der Waals surface area (Å²) in [6.07, 6.45) is 3.44. The lowest BCUT2D eigenvalue weighted by molar-refractivity contribution is 0.0950. The number of nitrogens with zero attached hydrogens (tertiary/aromatic N) is 2. The summed E-state index contributed by atoms with van der Waals surface area (Å²) in [5.74, 6) is 0.480. The van der Waals surface area contributed by atoms with E-state index in [2.05, 4.69) is 25.5 Å². The predicted molar refractivity (Wildman–Crippen MR) is 144 cm³/mol. The molecule has 4 N–H and O–H groups in total. The molecule has 1 aliphatic carbocycles. The molecule has 0 atom stereocenters. The minimum Gasteiger partial charge on any atom is -0.393 e. The van der Waals surface area contributed by atoms with Crippen molar-refractivity contribution in [2.75, 3.05) is 23.3 Å². The SMILES string of the molecule is O=C(Nc1ccc2nc(-c3ccc(C(=O)NC4CC4)cc3)[nH]c2c1)c1ccc(N2CCC(O)CC2)cc1. The number of fused-ring (bicyclic) bond motifs is 1. The van der Waals surface area contributed by atoms with Crippen LogP contribution in [-0.2, 0) is 0 Å². The number of rotatable bonds is 6. The fraction of sp³-hybridized carbons (Fsp3) is 0.276. The molecule has 1 aliphatic heterocycles. The van der Waals surface area contributed by atoms with Crippen molar-refractivity contribution in [3.8, 4) is 11.4 Å². The van der Waals surface area contributed by atoms with Gasteiger partial charge < -0.3 is 25.6 Å². The van der Waals surface area contributed by atoms with Crippen molar-refractivity contribution in [3.63, 3.8) is 0 Å². The number of imidazole rings is 1. The van der Waals surface area contributed by atoms with E-state index in [9.17, 15) is 14.7 Å². The summed E-state index contributed by atoms with van der Waals surface area (Å²) in [4.78, 5) is 35.3. The molecule has 2 aliphatic rings. The quantitative estimate of drug-likeness (QED) is 0.318. The van der Waals surface area contributed by atoms with E-state index in [0.29, 0.717) is 28.7 Å². The van der Waals surface area contributed by atoms with Crippen LogP contribution in [0.5, 0.6) is 0 Å². The Morgan fingerprint density at radius 2 is 1.54 bits per heavy atom. The first kappa shape index (κ1) is 23.2. The molecule has 1 saturated carbocycles. The maximum Gasteiger partial charge on any atom is 0.255 e. The maximum absolute atomic E-state index is 12.8. The first-order chi connectivity index (χ1) is 18.0. The monoisotopic (exact) mass is 495 g/mol. The summed E-state index contributed by atoms with van der Waals surface area (Å²) in [6, 6.07) is 20.9. The van der Waals surface area contributed by atoms with E-state index >= 15 is 0 Å². The van der Waals surface area contributed by atoms with E-state index in [-0.39, 0.29) is 17.9 Å². The molecule has 4 aromatic rings. The molecule has 0 bridgehead atoms. The molecule has 2 fully saturated rings. The minimum atomic E-state index is -0.213. The normalized spacial score (nSPS) is 16.1. The lowest BCUT2D eigenvalue weighted by atomic mass is 10.1. The number of benzene rings is 3. The van der Waals surface area contributed by atoms with E-state index in [1.165, 1.54) is 0 Å². The molecule has 2 amide bonds. The fourth-order valence-corrected chi connectivity index (χ4v) is 4.65. The van der Waals surface area contributed by atoms with Crippen molar-refractivity contribution in [1.82, 2.24) is 15.3 Å². The van der Waals surface area contributed by atoms with E-state index in [1.807, 2.05) is 66.7 Å². The summed E-state index contributed by atoms with van der Waals surface area (Å²) in [5.41, 5.74) is 5.44. The third kappa shape index (κ3) is 5.20. The average molecular weight is 496 g/mol. The number of nitrogens with one attached hydrogen (secondary N) is 3. The van der Waals surface area contributed by atoms with Crippen LogP contribution in [0.15, 0.2) is 66.7 Å². The number of carbonyl (C=O) groups excluding carboxylic acids is 2. The van der Waals surface area contributed by atoms with Gasteiger partial charge in [0, 0.05) is 47.2 Å². The van der Waals surface area contributed by atoms with Crippen LogP contribution in [0.25, 0.3) is 22.4 Å². The van der Waals surface area contributed by atoms with Crippen LogP contribution < -0.4 is 15.5 Å². The third-order valence-electron chi connectivity index (χ3n) is 7.03. The van der Waals surface area contributed by atoms with Crippen LogP contribution >= 0.6 is 0 Å². The fourth-order valence-electron chi connectivity index (χ4n) is 4.65. The number of aliphatic hydroxyl groups excluding tert-OH is 1. The van der Waals surface area contributed by atoms with Crippen LogP contribution in [0.4, 0.5) is 11.4 Å². The summed E-state index contributed by atoms with van der Waals surface area (Å²) >= 11 is 0. The average Bonchev–Trinajstić information content (AvgIpc) is 3.64. The first-order valence-corrected chi connectivity index (χ1v) is 12.8. The molecule has 188 valence electrons. The van der Waals surface area contributed by atoms with Crippen LogP contribution in [0.3, 0.4) is 0 Å². The second kappa shape index (κ2) is 9.71. The van der Waals surface area contributed by atoms with E-state index in [4.69, 9.17) is 0 Å². The molecule has 1 saturated heterocycles. The number of amides is 2. The van der Waals surface area contributed by atoms with Crippen LogP contribution in [0.1, 0.15) is 46.4 Å². The van der Waals surface area contributed by atoms with Gasteiger partial charge in [-0.2, -0.15) is 0 Å². The molecule has 0 radical (unpaired) electrons. The van der Waals surface area contributed by atoms with E-state index in [1.54, 1.807) is 0 Å². The van der Waals surface area contributed by atoms with Crippen molar-refractivity contribution in [2.45, 2.75) is 37.8 Å². The van der Waals surface area contributed by atoms with Gasteiger partial charge in [-0.05, 0) is 80.3 Å². The minimum absolute atomic E-state index is 0.0417. The Bertz CT molecular complexity index is 1430. The van der Waals surface area contributed by atoms with Gasteiger partial charge in [-0.25, -0.2) is 4.98 Å². The number of anilines is 2. The highest BCUT2D eigenvalue weighted by Crippen LogP contribution is 2.25. The Labute approximate surface area is 214 Å². The zero-order valence-electron chi connectivity index (χ0n) is 20.4. The Morgan fingerprint density at radius 1 is 0.865 bits per heavy atom. The topological polar surface area (TPSA) is 110 Å². The van der Waals surface area contributed by atoms with Crippen molar-refractivity contribution in [3.05, 3.63) is 77.9 Å². The summed E-state index contributed by atoms with van der Waals surface area (Å²) in [5, 5.41) is 15.7. The van der Waals surface area contributed by atoms with Crippen LogP contribution in [0.2, 0.25) is 0 Å². The van der Waals surface area contributed by atoms with Crippen LogP contribution in [-0.4, -0.2) is 52.1 Å². The lowest BCUT2D eigenvalue weighted by Gasteiger charge is -2.31. The van der Waals surface area contributed by atoms with Gasteiger partial charge in [-0.15, -0.1) is 0 Å². The molecule has 2 heterocycles. The van der Waals surface area contributed by atoms with Gasteiger partial charge in [0.2, 0.25) is 0 Å². The molecule has 37 heavy (non-hydrogen) atoms. The van der Waals surface area contributed by atoms with Gasteiger partial charge in [0.25, 0.3) is 11.8 Å². The Hall–Kier alpha value is -4.17. The van der Waals surface area contributed by atoms with Gasteiger partial charge >= 0.3 is 0 Å². The van der Waals surface area contributed by atoms with Crippen molar-refractivity contribution in [2.24, 2.45) is 0 Å². The number of piperidine rings is 1. The van der Waals surface area contributed by atoms with Crippen molar-refractivity contribution in [1.29, 1.82) is 0 Å². The third-order valence-corrected chi connectivity index (χ3v) is 7.03. The van der Waals surface area contributed by atoms with Gasteiger partial charge in [-0.1, -0.05) is 12.1 Å². The molecule has 0 spiro atoms. The van der Waals surface area contributed by atoms with E-state index < -0.39 is 0 Å². The number of aromatic amines is 1. The van der Waals surface area contributed by atoms with Gasteiger partial charge in [0.15, 0.2) is 0 Å². The number of hydrogen-bond acceptors (Lipinski definition) is 5. The van der Waals surface area contributed by atoms with Crippen molar-refractivity contribution >= 4 is 34.2 Å².